The number of carbonyl (C=O) groups excluding carboxylic acids is 1. The van der Waals surface area contributed by atoms with Gasteiger partial charge in [-0.3, -0.25) is 9.48 Å². The number of amides is 1. The Morgan fingerprint density at radius 3 is 2.83 bits per heavy atom. The van der Waals surface area contributed by atoms with Crippen LogP contribution in [0.25, 0.3) is 0 Å². The number of ether oxygens (including phenoxy) is 1. The Labute approximate surface area is 138 Å². The monoisotopic (exact) mass is 335 g/mol. The average molecular weight is 335 g/mol. The van der Waals surface area contributed by atoms with Crippen molar-refractivity contribution >= 4 is 5.91 Å². The van der Waals surface area contributed by atoms with Crippen LogP contribution in [0, 0.1) is 24.5 Å². The number of benzene rings is 1. The van der Waals surface area contributed by atoms with Crippen LogP contribution in [0.5, 0.6) is 0 Å². The highest BCUT2D eigenvalue weighted by molar-refractivity contribution is 5.81. The van der Waals surface area contributed by atoms with E-state index in [1.807, 2.05) is 12.3 Å². The van der Waals surface area contributed by atoms with Crippen LogP contribution in [0.1, 0.15) is 17.5 Å². The molecule has 24 heavy (non-hydrogen) atoms. The van der Waals surface area contributed by atoms with Crippen molar-refractivity contribution in [3.05, 3.63) is 53.4 Å². The van der Waals surface area contributed by atoms with Crippen molar-refractivity contribution in [3.63, 3.8) is 0 Å². The minimum absolute atomic E-state index is 0.0161. The standard InChI is InChI=1S/C17H19F2N3O2/c1-11-7-14(18)13(15(19)8-11)9-20-17(23)16-12(3-6-24-16)10-22-5-2-4-21-22/h2,4-5,7-8,12,16H,3,6,9-10H2,1H3,(H,20,23)/t12-,16-/m1/s1. The molecule has 1 saturated heterocycles. The number of hydrogen-bond donors (Lipinski definition) is 1. The normalized spacial score (nSPS) is 20.3. The zero-order chi connectivity index (χ0) is 17.1. The molecule has 128 valence electrons. The van der Waals surface area contributed by atoms with Crippen molar-refractivity contribution in [2.75, 3.05) is 6.61 Å². The van der Waals surface area contributed by atoms with Crippen LogP contribution in [-0.4, -0.2) is 28.4 Å². The minimum atomic E-state index is -0.659. The molecule has 2 aromatic rings. The summed E-state index contributed by atoms with van der Waals surface area (Å²) >= 11 is 0. The molecule has 1 aliphatic heterocycles. The molecule has 0 unspecified atom stereocenters. The number of nitrogens with zero attached hydrogens (tertiary/aromatic N) is 2. The Bertz CT molecular complexity index is 696. The molecule has 0 spiro atoms. The summed E-state index contributed by atoms with van der Waals surface area (Å²) in [4.78, 5) is 12.3. The highest BCUT2D eigenvalue weighted by atomic mass is 19.1. The molecule has 1 aromatic carbocycles. The lowest BCUT2D eigenvalue weighted by Gasteiger charge is -2.18. The van der Waals surface area contributed by atoms with E-state index in [1.54, 1.807) is 17.8 Å². The van der Waals surface area contributed by atoms with Gasteiger partial charge in [-0.2, -0.15) is 5.10 Å². The summed E-state index contributed by atoms with van der Waals surface area (Å²) in [5, 5.41) is 6.71. The lowest BCUT2D eigenvalue weighted by atomic mass is 10.0. The maximum atomic E-state index is 13.8. The second-order valence-electron chi connectivity index (χ2n) is 5.99. The summed E-state index contributed by atoms with van der Waals surface area (Å²) in [6.07, 6.45) is 3.61. The second kappa shape index (κ2) is 7.09. The highest BCUT2D eigenvalue weighted by Gasteiger charge is 2.34. The maximum absolute atomic E-state index is 13.8. The van der Waals surface area contributed by atoms with Crippen LogP contribution >= 0.6 is 0 Å². The fourth-order valence-electron chi connectivity index (χ4n) is 2.93. The third-order valence-corrected chi connectivity index (χ3v) is 4.18. The van der Waals surface area contributed by atoms with Crippen molar-refractivity contribution in [2.24, 2.45) is 5.92 Å². The molecule has 2 heterocycles. The number of aromatic nitrogens is 2. The Hall–Kier alpha value is -2.28. The third kappa shape index (κ3) is 3.62. The smallest absolute Gasteiger partial charge is 0.249 e. The zero-order valence-electron chi connectivity index (χ0n) is 13.3. The Morgan fingerprint density at radius 2 is 2.17 bits per heavy atom. The number of halogens is 2. The number of aryl methyl sites for hydroxylation is 1. The molecule has 1 fully saturated rings. The van der Waals surface area contributed by atoms with Gasteiger partial charge in [-0.1, -0.05) is 0 Å². The Balaban J connectivity index is 1.62. The first-order valence-corrected chi connectivity index (χ1v) is 7.86. The number of carbonyl (C=O) groups is 1. The summed E-state index contributed by atoms with van der Waals surface area (Å²) < 4.78 is 34.9. The molecular formula is C17H19F2N3O2. The zero-order valence-corrected chi connectivity index (χ0v) is 13.3. The molecule has 7 heteroatoms. The van der Waals surface area contributed by atoms with E-state index >= 15 is 0 Å². The van der Waals surface area contributed by atoms with Crippen molar-refractivity contribution in [3.8, 4) is 0 Å². The number of rotatable bonds is 5. The highest BCUT2D eigenvalue weighted by Crippen LogP contribution is 2.23. The molecule has 1 aliphatic rings. The third-order valence-electron chi connectivity index (χ3n) is 4.18. The van der Waals surface area contributed by atoms with Crippen LogP contribution in [0.3, 0.4) is 0 Å². The molecule has 0 saturated carbocycles. The van der Waals surface area contributed by atoms with Crippen LogP contribution in [0.15, 0.2) is 30.6 Å². The molecular weight excluding hydrogens is 316 g/mol. The quantitative estimate of drug-likeness (QED) is 0.911. The van der Waals surface area contributed by atoms with Gasteiger partial charge in [0.2, 0.25) is 5.91 Å². The fraction of sp³-hybridized carbons (Fsp3) is 0.412. The van der Waals surface area contributed by atoms with Gasteiger partial charge in [0.15, 0.2) is 0 Å². The Morgan fingerprint density at radius 1 is 1.42 bits per heavy atom. The van der Waals surface area contributed by atoms with Gasteiger partial charge in [-0.25, -0.2) is 8.78 Å². The first kappa shape index (κ1) is 16.6. The van der Waals surface area contributed by atoms with E-state index in [0.29, 0.717) is 18.7 Å². The first-order chi connectivity index (χ1) is 11.5. The molecule has 3 rings (SSSR count). The summed E-state index contributed by atoms with van der Waals surface area (Å²) in [5.74, 6) is -1.69. The van der Waals surface area contributed by atoms with Gasteiger partial charge in [0.25, 0.3) is 0 Å². The number of nitrogens with one attached hydrogen (secondary N) is 1. The van der Waals surface area contributed by atoms with E-state index in [9.17, 15) is 13.6 Å². The molecule has 5 nitrogen and oxygen atoms in total. The van der Waals surface area contributed by atoms with Gasteiger partial charge < -0.3 is 10.1 Å². The lowest BCUT2D eigenvalue weighted by Crippen LogP contribution is -2.39. The Kier molecular flexibility index (Phi) is 4.89. The van der Waals surface area contributed by atoms with E-state index in [-0.39, 0.29) is 23.9 Å². The minimum Gasteiger partial charge on any atom is -0.368 e. The molecule has 0 radical (unpaired) electrons. The topological polar surface area (TPSA) is 56.1 Å². The predicted molar refractivity (Wildman–Crippen MR) is 83.0 cm³/mol. The fourth-order valence-corrected chi connectivity index (χ4v) is 2.93. The molecule has 1 N–H and O–H groups in total. The molecule has 0 bridgehead atoms. The maximum Gasteiger partial charge on any atom is 0.249 e. The molecule has 2 atom stereocenters. The molecule has 0 aliphatic carbocycles. The van der Waals surface area contributed by atoms with E-state index in [0.717, 1.165) is 6.42 Å². The van der Waals surface area contributed by atoms with Crippen LogP contribution in [0.4, 0.5) is 8.78 Å². The van der Waals surface area contributed by atoms with E-state index in [2.05, 4.69) is 10.4 Å². The SMILES string of the molecule is Cc1cc(F)c(CNC(=O)[C@@H]2OCC[C@@H]2Cn2cccn2)c(F)c1. The van der Waals surface area contributed by atoms with Crippen molar-refractivity contribution in [1.82, 2.24) is 15.1 Å². The van der Waals surface area contributed by atoms with Crippen LogP contribution in [0.2, 0.25) is 0 Å². The van der Waals surface area contributed by atoms with Gasteiger partial charge in [-0.15, -0.1) is 0 Å². The summed E-state index contributed by atoms with van der Waals surface area (Å²) in [6, 6.07) is 4.31. The second-order valence-corrected chi connectivity index (χ2v) is 5.99. The van der Waals surface area contributed by atoms with E-state index in [4.69, 9.17) is 4.74 Å². The van der Waals surface area contributed by atoms with Crippen molar-refractivity contribution in [1.29, 1.82) is 0 Å². The van der Waals surface area contributed by atoms with Gasteiger partial charge in [0.1, 0.15) is 17.7 Å². The van der Waals surface area contributed by atoms with Crippen molar-refractivity contribution in [2.45, 2.75) is 32.5 Å². The van der Waals surface area contributed by atoms with E-state index in [1.165, 1.54) is 12.1 Å². The largest absolute Gasteiger partial charge is 0.368 e. The van der Waals surface area contributed by atoms with Crippen LogP contribution < -0.4 is 5.32 Å². The molecule has 1 aromatic heterocycles. The lowest BCUT2D eigenvalue weighted by molar-refractivity contribution is -0.132. The number of hydrogen-bond acceptors (Lipinski definition) is 3. The van der Waals surface area contributed by atoms with Crippen LogP contribution in [-0.2, 0) is 22.6 Å². The average Bonchev–Trinajstić information content (AvgIpc) is 3.18. The van der Waals surface area contributed by atoms with Gasteiger partial charge in [0.05, 0.1) is 0 Å². The summed E-state index contributed by atoms with van der Waals surface area (Å²) in [6.45, 7) is 2.46. The summed E-state index contributed by atoms with van der Waals surface area (Å²) in [5.41, 5.74) is 0.356. The first-order valence-electron chi connectivity index (χ1n) is 7.86. The predicted octanol–water partition coefficient (Wildman–Crippen LogP) is 2.19. The molecule has 1 amide bonds. The summed E-state index contributed by atoms with van der Waals surface area (Å²) in [7, 11) is 0. The van der Waals surface area contributed by atoms with E-state index < -0.39 is 17.7 Å². The van der Waals surface area contributed by atoms with Gasteiger partial charge in [-0.05, 0) is 37.1 Å². The van der Waals surface area contributed by atoms with Crippen molar-refractivity contribution < 1.29 is 18.3 Å². The van der Waals surface area contributed by atoms with Gasteiger partial charge in [0, 0.05) is 43.6 Å². The van der Waals surface area contributed by atoms with Gasteiger partial charge >= 0.3 is 0 Å².